The number of likely N-dealkylation sites (tertiary alicyclic amines) is 1. The third kappa shape index (κ3) is 13.5. The van der Waals surface area contributed by atoms with E-state index in [1.165, 1.54) is 23.5 Å². The highest BCUT2D eigenvalue weighted by molar-refractivity contribution is 6.07. The molecule has 7 N–H and O–H groups in total. The second-order valence-corrected chi connectivity index (χ2v) is 19.1. The molecule has 0 spiro atoms. The predicted molar refractivity (Wildman–Crippen MR) is 254 cm³/mol. The molecule has 10 atom stereocenters. The normalized spacial score (nSPS) is 25.6. The lowest BCUT2D eigenvalue weighted by atomic mass is 9.74. The first-order chi connectivity index (χ1) is 32.2. The second kappa shape index (κ2) is 24.2. The van der Waals surface area contributed by atoms with Crippen molar-refractivity contribution in [3.63, 3.8) is 0 Å². The minimum atomic E-state index is -1.49. The molecule has 2 aliphatic carbocycles. The van der Waals surface area contributed by atoms with Gasteiger partial charge in [0.05, 0.1) is 18.8 Å². The van der Waals surface area contributed by atoms with Gasteiger partial charge in [-0.3, -0.25) is 24.0 Å². The molecule has 14 heteroatoms. The summed E-state index contributed by atoms with van der Waals surface area (Å²) in [6, 6.07) is 12.7. The van der Waals surface area contributed by atoms with Crippen molar-refractivity contribution in [3.05, 3.63) is 102 Å². The van der Waals surface area contributed by atoms with E-state index in [2.05, 4.69) is 30.2 Å². The number of nitrogens with one attached hydrogen (secondary N) is 2. The number of hydrogen-bond donors (Lipinski definition) is 6. The number of carbonyl (C=O) groups is 5. The first-order valence-corrected chi connectivity index (χ1v) is 24.4. The minimum Gasteiger partial charge on any atom is -0.508 e. The number of ether oxygens (including phenoxy) is 2. The van der Waals surface area contributed by atoms with Crippen molar-refractivity contribution in [2.75, 3.05) is 13.2 Å². The number of allylic oxidation sites excluding steroid dienone is 1. The molecule has 3 fully saturated rings. The van der Waals surface area contributed by atoms with Gasteiger partial charge in [-0.15, -0.1) is 0 Å². The van der Waals surface area contributed by atoms with Gasteiger partial charge in [-0.25, -0.2) is 0 Å². The molecule has 4 amide bonds. The lowest BCUT2D eigenvalue weighted by molar-refractivity contribution is -0.145. The quantitative estimate of drug-likeness (QED) is 0.0398. The largest absolute Gasteiger partial charge is 0.508 e. The number of nitrogens with zero attached hydrogens (tertiary/aromatic N) is 1. The Hall–Kier alpha value is -5.15. The molecule has 1 saturated carbocycles. The third-order valence-corrected chi connectivity index (χ3v) is 14.1. The molecule has 2 saturated heterocycles. The standard InChI is InChI=1S/C53H72N4O10/c1-4-5-6-7-12-17-41(18-13-9-14-19-48(61)55-27-26-35(3)53-47(67-53)25-20-34(2)49(53)62)66-33-38-30-40(59)31-44-42(38)32-45(50(54)63)57(44)52(65)43(28-36-15-10-8-11-16-36)56-51(64)46(60)29-37-21-23-39(58)24-22-37/h8-11,13,15-16,20-24,38,40-47,58-60H,3-7,12,14,17-19,25-33H2,1-2H3,(H2,54,63)(H,55,61)(H,56,64)/b13-9+/t38?,40-,41-,42+,43+,44-,45-,46+,47+,53+/m0/s1. The molecule has 4 aliphatic rings. The zero-order valence-electron chi connectivity index (χ0n) is 39.3. The molecule has 14 nitrogen and oxygen atoms in total. The van der Waals surface area contributed by atoms with Gasteiger partial charge in [0.2, 0.25) is 23.6 Å². The first-order valence-electron chi connectivity index (χ1n) is 24.4. The minimum absolute atomic E-state index is 0.0302. The van der Waals surface area contributed by atoms with Crippen LogP contribution in [0.5, 0.6) is 5.75 Å². The number of fused-ring (bicyclic) bond motifs is 2. The zero-order chi connectivity index (χ0) is 48.1. The number of phenols is 1. The zero-order valence-corrected chi connectivity index (χ0v) is 39.3. The fourth-order valence-corrected chi connectivity index (χ4v) is 10.3. The number of benzene rings is 2. The number of carbonyl (C=O) groups excluding carboxylic acids is 5. The molecule has 6 rings (SSSR count). The predicted octanol–water partition coefficient (Wildman–Crippen LogP) is 5.46. The van der Waals surface area contributed by atoms with E-state index < -0.39 is 53.7 Å². The van der Waals surface area contributed by atoms with Crippen LogP contribution in [0, 0.1) is 11.8 Å². The lowest BCUT2D eigenvalue weighted by Gasteiger charge is -2.41. The molecular weight excluding hydrogens is 853 g/mol. The fourth-order valence-electron chi connectivity index (χ4n) is 10.3. The topological polar surface area (TPSA) is 221 Å². The summed E-state index contributed by atoms with van der Waals surface area (Å²) < 4.78 is 12.4. The van der Waals surface area contributed by atoms with Crippen LogP contribution in [0.3, 0.4) is 0 Å². The van der Waals surface area contributed by atoms with E-state index in [4.69, 9.17) is 15.2 Å². The molecule has 0 radical (unpaired) electrons. The van der Waals surface area contributed by atoms with E-state index in [-0.39, 0.29) is 60.7 Å². The number of aromatic hydroxyl groups is 1. The van der Waals surface area contributed by atoms with Gasteiger partial charge in [0.25, 0.3) is 0 Å². The second-order valence-electron chi connectivity index (χ2n) is 19.1. The Morgan fingerprint density at radius 1 is 0.985 bits per heavy atom. The molecule has 67 heavy (non-hydrogen) atoms. The number of phenolic OH excluding ortho intramolecular Hbond substituents is 1. The summed E-state index contributed by atoms with van der Waals surface area (Å²) >= 11 is 0. The molecule has 0 bridgehead atoms. The summed E-state index contributed by atoms with van der Waals surface area (Å²) in [5, 5.41) is 37.6. The number of unbranched alkanes of at least 4 members (excludes halogenated alkanes) is 4. The maximum absolute atomic E-state index is 14.8. The van der Waals surface area contributed by atoms with Crippen molar-refractivity contribution < 1.29 is 48.8 Å². The van der Waals surface area contributed by atoms with Gasteiger partial charge in [-0.2, -0.15) is 0 Å². The Kier molecular flexibility index (Phi) is 18.5. The summed E-state index contributed by atoms with van der Waals surface area (Å²) in [7, 11) is 0. The maximum atomic E-state index is 14.8. The fraction of sp³-hybridized carbons (Fsp3) is 0.566. The Labute approximate surface area is 395 Å². The summed E-state index contributed by atoms with van der Waals surface area (Å²) in [6.07, 6.45) is 13.5. The molecule has 2 aliphatic heterocycles. The van der Waals surface area contributed by atoms with Crippen LogP contribution in [0.2, 0.25) is 0 Å². The molecule has 2 heterocycles. The van der Waals surface area contributed by atoms with Crippen LogP contribution in [0.15, 0.2) is 90.6 Å². The number of epoxide rings is 1. The summed E-state index contributed by atoms with van der Waals surface area (Å²) in [5.41, 5.74) is 7.88. The van der Waals surface area contributed by atoms with E-state index in [1.807, 2.05) is 42.5 Å². The van der Waals surface area contributed by atoms with Crippen LogP contribution in [0.4, 0.5) is 0 Å². The van der Waals surface area contributed by atoms with Gasteiger partial charge < -0.3 is 46.1 Å². The monoisotopic (exact) mass is 925 g/mol. The Bertz CT molecular complexity index is 2090. The Balaban J connectivity index is 1.06. The molecular formula is C53H72N4O10. The van der Waals surface area contributed by atoms with E-state index in [1.54, 1.807) is 19.1 Å². The van der Waals surface area contributed by atoms with Gasteiger partial charge in [0, 0.05) is 31.8 Å². The highest BCUT2D eigenvalue weighted by atomic mass is 16.6. The number of Topliss-reactive ketones (excluding diaryl/α,β-unsaturated/α-hetero) is 1. The molecule has 2 aromatic rings. The van der Waals surface area contributed by atoms with Crippen LogP contribution in [0.25, 0.3) is 0 Å². The summed E-state index contributed by atoms with van der Waals surface area (Å²) in [5.74, 6) is -2.37. The molecule has 0 aromatic heterocycles. The average molecular weight is 925 g/mol. The van der Waals surface area contributed by atoms with E-state index >= 15 is 0 Å². The SMILES string of the molecule is C=C(CCNC(=O)CC/C=C/C[C@H](CCCCCCC)OCC1C[C@H](O)C[C@H]2[C@@H]1C[C@@H](C(N)=O)N2C(=O)[C@@H](Cc1ccccc1)NC(=O)[C@H](O)Cc1ccc(O)cc1)[C@@]12O[C@@H]1CC=C(C)C2=O. The van der Waals surface area contributed by atoms with Crippen molar-refractivity contribution in [2.24, 2.45) is 17.6 Å². The van der Waals surface area contributed by atoms with Crippen molar-refractivity contribution in [2.45, 2.75) is 165 Å². The highest BCUT2D eigenvalue weighted by Gasteiger charge is 2.64. The van der Waals surface area contributed by atoms with Crippen molar-refractivity contribution in [1.29, 1.82) is 0 Å². The van der Waals surface area contributed by atoms with Crippen LogP contribution in [0.1, 0.15) is 115 Å². The number of amides is 4. The number of nitrogens with two attached hydrogens (primary N) is 1. The Morgan fingerprint density at radius 3 is 2.45 bits per heavy atom. The summed E-state index contributed by atoms with van der Waals surface area (Å²) in [4.78, 5) is 68.4. The highest BCUT2D eigenvalue weighted by Crippen LogP contribution is 2.50. The van der Waals surface area contributed by atoms with Gasteiger partial charge >= 0.3 is 0 Å². The molecule has 364 valence electrons. The number of hydrogen-bond acceptors (Lipinski definition) is 10. The van der Waals surface area contributed by atoms with Gasteiger partial charge in [0.1, 0.15) is 30.0 Å². The lowest BCUT2D eigenvalue weighted by Crippen LogP contribution is -2.58. The molecule has 2 aromatic carbocycles. The number of aliphatic hydroxyl groups is 2. The third-order valence-electron chi connectivity index (χ3n) is 14.1. The maximum Gasteiger partial charge on any atom is 0.249 e. The number of aliphatic hydroxyl groups excluding tert-OH is 2. The number of ketones is 1. The van der Waals surface area contributed by atoms with Crippen molar-refractivity contribution in [3.8, 4) is 5.75 Å². The van der Waals surface area contributed by atoms with Gasteiger partial charge in [0.15, 0.2) is 11.4 Å². The van der Waals surface area contributed by atoms with E-state index in [0.717, 1.165) is 37.7 Å². The van der Waals surface area contributed by atoms with Crippen LogP contribution < -0.4 is 16.4 Å². The molecule has 1 unspecified atom stereocenters. The van der Waals surface area contributed by atoms with E-state index in [9.17, 15) is 39.3 Å². The average Bonchev–Trinajstić information content (AvgIpc) is 3.95. The van der Waals surface area contributed by atoms with Crippen LogP contribution >= 0.6 is 0 Å². The Morgan fingerprint density at radius 2 is 1.72 bits per heavy atom. The van der Waals surface area contributed by atoms with Crippen LogP contribution in [-0.2, 0) is 46.3 Å². The van der Waals surface area contributed by atoms with Gasteiger partial charge in [-0.1, -0.05) is 106 Å². The van der Waals surface area contributed by atoms with Crippen molar-refractivity contribution >= 4 is 29.4 Å². The smallest absolute Gasteiger partial charge is 0.249 e. The first kappa shape index (κ1) is 51.2. The number of primary amides is 1. The van der Waals surface area contributed by atoms with E-state index in [0.29, 0.717) is 74.8 Å². The summed E-state index contributed by atoms with van der Waals surface area (Å²) in [6.45, 7) is 8.80. The van der Waals surface area contributed by atoms with Gasteiger partial charge in [-0.05, 0) is 105 Å². The van der Waals surface area contributed by atoms with Crippen molar-refractivity contribution in [1.82, 2.24) is 15.5 Å². The number of rotatable bonds is 26. The van der Waals surface area contributed by atoms with Crippen LogP contribution in [-0.4, -0.2) is 111 Å².